The van der Waals surface area contributed by atoms with E-state index in [0.29, 0.717) is 32.2 Å². The van der Waals surface area contributed by atoms with Crippen molar-refractivity contribution in [2.75, 3.05) is 51.1 Å². The van der Waals surface area contributed by atoms with Gasteiger partial charge in [0.15, 0.2) is 0 Å². The Morgan fingerprint density at radius 3 is 2.48 bits per heavy atom. The molecule has 0 spiro atoms. The molecule has 2 fully saturated rings. The Hall–Kier alpha value is -1.92. The number of para-hydroxylation sites is 1. The van der Waals surface area contributed by atoms with Gasteiger partial charge in [-0.05, 0) is 43.9 Å². The van der Waals surface area contributed by atoms with Crippen LogP contribution in [0.5, 0.6) is 0 Å². The molecule has 160 valence electrons. The molecule has 0 bridgehead atoms. The van der Waals surface area contributed by atoms with Gasteiger partial charge in [-0.25, -0.2) is 0 Å². The molecule has 0 saturated carbocycles. The van der Waals surface area contributed by atoms with Crippen LogP contribution in [0.4, 0.5) is 5.69 Å². The van der Waals surface area contributed by atoms with Crippen LogP contribution in [-0.2, 0) is 16.0 Å². The largest absolute Gasteiger partial charge is 0.339 e. The third kappa shape index (κ3) is 6.03. The molecule has 6 nitrogen and oxygen atoms in total. The van der Waals surface area contributed by atoms with Crippen LogP contribution in [0.15, 0.2) is 24.3 Å². The molecule has 2 aliphatic heterocycles. The average Bonchev–Trinajstić information content (AvgIpc) is 2.75. The molecule has 2 amide bonds. The van der Waals surface area contributed by atoms with Gasteiger partial charge in [-0.2, -0.15) is 0 Å². The highest BCUT2D eigenvalue weighted by molar-refractivity contribution is 5.93. The highest BCUT2D eigenvalue weighted by Crippen LogP contribution is 2.19. The molecule has 1 unspecified atom stereocenters. The molecule has 2 saturated heterocycles. The first-order chi connectivity index (χ1) is 14.1. The van der Waals surface area contributed by atoms with Gasteiger partial charge in [-0.15, -0.1) is 0 Å². The fourth-order valence-corrected chi connectivity index (χ4v) is 4.50. The molecule has 29 heavy (non-hydrogen) atoms. The van der Waals surface area contributed by atoms with Gasteiger partial charge < -0.3 is 10.2 Å². The third-order valence-corrected chi connectivity index (χ3v) is 6.32. The molecular weight excluding hydrogens is 364 g/mol. The maximum Gasteiger partial charge on any atom is 0.238 e. The number of piperazine rings is 1. The maximum absolute atomic E-state index is 12.8. The minimum atomic E-state index is 0.0183. The van der Waals surface area contributed by atoms with Gasteiger partial charge in [-0.1, -0.05) is 38.5 Å². The lowest BCUT2D eigenvalue weighted by Crippen LogP contribution is -2.53. The monoisotopic (exact) mass is 400 g/mol. The number of likely N-dealkylation sites (tertiary alicyclic amines) is 1. The molecule has 2 aliphatic rings. The standard InChI is InChI=1S/C23H36N4O2/c1-3-19-9-5-6-11-21(19)24-22(28)17-25-13-15-26(16-14-25)23(29)18-27-12-8-7-10-20(27)4-2/h5-6,9,11,20H,3-4,7-8,10,12-18H2,1-2H3,(H,24,28). The Labute approximate surface area is 175 Å². The Morgan fingerprint density at radius 1 is 1.00 bits per heavy atom. The Kier molecular flexibility index (Phi) is 8.07. The molecule has 0 aromatic heterocycles. The van der Waals surface area contributed by atoms with E-state index < -0.39 is 0 Å². The van der Waals surface area contributed by atoms with Crippen molar-refractivity contribution < 1.29 is 9.59 Å². The maximum atomic E-state index is 12.8. The smallest absolute Gasteiger partial charge is 0.238 e. The SMILES string of the molecule is CCc1ccccc1NC(=O)CN1CCN(C(=O)CN2CCCCC2CC)CC1. The molecule has 2 heterocycles. The number of benzene rings is 1. The number of rotatable bonds is 7. The van der Waals surface area contributed by atoms with E-state index in [2.05, 4.69) is 29.0 Å². The van der Waals surface area contributed by atoms with E-state index in [4.69, 9.17) is 0 Å². The van der Waals surface area contributed by atoms with Crippen molar-refractivity contribution in [2.45, 2.75) is 52.0 Å². The molecule has 1 atom stereocenters. The number of carbonyl (C=O) groups excluding carboxylic acids is 2. The number of nitrogens with zero attached hydrogens (tertiary/aromatic N) is 3. The Balaban J connectivity index is 1.42. The lowest BCUT2D eigenvalue weighted by Gasteiger charge is -2.38. The van der Waals surface area contributed by atoms with Gasteiger partial charge in [0.25, 0.3) is 0 Å². The van der Waals surface area contributed by atoms with Crippen LogP contribution in [0.25, 0.3) is 0 Å². The fourth-order valence-electron chi connectivity index (χ4n) is 4.50. The van der Waals surface area contributed by atoms with Gasteiger partial charge in [0.05, 0.1) is 13.1 Å². The molecule has 1 N–H and O–H groups in total. The first kappa shape index (κ1) is 21.8. The van der Waals surface area contributed by atoms with Crippen molar-refractivity contribution in [3.05, 3.63) is 29.8 Å². The lowest BCUT2D eigenvalue weighted by atomic mass is 10.00. The summed E-state index contributed by atoms with van der Waals surface area (Å²) in [4.78, 5) is 31.7. The lowest BCUT2D eigenvalue weighted by molar-refractivity contribution is -0.135. The van der Waals surface area contributed by atoms with Crippen LogP contribution in [0.3, 0.4) is 0 Å². The van der Waals surface area contributed by atoms with E-state index in [9.17, 15) is 9.59 Å². The van der Waals surface area contributed by atoms with Gasteiger partial charge in [-0.3, -0.25) is 19.4 Å². The van der Waals surface area contributed by atoms with Gasteiger partial charge in [0.1, 0.15) is 0 Å². The first-order valence-electron chi connectivity index (χ1n) is 11.2. The molecule has 0 aliphatic carbocycles. The molecule has 6 heteroatoms. The van der Waals surface area contributed by atoms with E-state index in [1.165, 1.54) is 19.3 Å². The topological polar surface area (TPSA) is 55.9 Å². The highest BCUT2D eigenvalue weighted by Gasteiger charge is 2.27. The molecule has 0 radical (unpaired) electrons. The Morgan fingerprint density at radius 2 is 1.76 bits per heavy atom. The fraction of sp³-hybridized carbons (Fsp3) is 0.652. The van der Waals surface area contributed by atoms with Crippen molar-refractivity contribution in [3.63, 3.8) is 0 Å². The number of nitrogens with one attached hydrogen (secondary N) is 1. The van der Waals surface area contributed by atoms with Crippen LogP contribution < -0.4 is 5.32 Å². The summed E-state index contributed by atoms with van der Waals surface area (Å²) in [6, 6.07) is 8.51. The third-order valence-electron chi connectivity index (χ3n) is 6.32. The van der Waals surface area contributed by atoms with Crippen molar-refractivity contribution >= 4 is 17.5 Å². The predicted molar refractivity (Wildman–Crippen MR) is 117 cm³/mol. The summed E-state index contributed by atoms with van der Waals surface area (Å²) in [6.45, 7) is 9.21. The summed E-state index contributed by atoms with van der Waals surface area (Å²) in [5, 5.41) is 3.04. The Bertz CT molecular complexity index is 685. The number of piperidine rings is 1. The van der Waals surface area contributed by atoms with Crippen LogP contribution in [0, 0.1) is 0 Å². The predicted octanol–water partition coefficient (Wildman–Crippen LogP) is 2.60. The average molecular weight is 401 g/mol. The van der Waals surface area contributed by atoms with Gasteiger partial charge in [0.2, 0.25) is 11.8 Å². The van der Waals surface area contributed by atoms with Crippen molar-refractivity contribution in [2.24, 2.45) is 0 Å². The van der Waals surface area contributed by atoms with E-state index >= 15 is 0 Å². The number of aryl methyl sites for hydroxylation is 1. The summed E-state index contributed by atoms with van der Waals surface area (Å²) < 4.78 is 0. The van der Waals surface area contributed by atoms with E-state index in [1.54, 1.807) is 0 Å². The number of carbonyl (C=O) groups is 2. The second kappa shape index (κ2) is 10.7. The zero-order valence-electron chi connectivity index (χ0n) is 18.0. The van der Waals surface area contributed by atoms with Crippen molar-refractivity contribution in [3.8, 4) is 0 Å². The van der Waals surface area contributed by atoms with Crippen molar-refractivity contribution in [1.29, 1.82) is 0 Å². The molecular formula is C23H36N4O2. The second-order valence-corrected chi connectivity index (χ2v) is 8.24. The first-order valence-corrected chi connectivity index (χ1v) is 11.2. The summed E-state index contributed by atoms with van der Waals surface area (Å²) in [5.41, 5.74) is 2.06. The minimum absolute atomic E-state index is 0.0183. The van der Waals surface area contributed by atoms with Crippen LogP contribution in [0.1, 0.15) is 45.1 Å². The zero-order chi connectivity index (χ0) is 20.6. The number of anilines is 1. The minimum Gasteiger partial charge on any atom is -0.339 e. The second-order valence-electron chi connectivity index (χ2n) is 8.24. The van der Waals surface area contributed by atoms with Crippen LogP contribution in [-0.4, -0.2) is 78.4 Å². The van der Waals surface area contributed by atoms with Crippen LogP contribution in [0.2, 0.25) is 0 Å². The van der Waals surface area contributed by atoms with Gasteiger partial charge in [0, 0.05) is 37.9 Å². The van der Waals surface area contributed by atoms with E-state index in [-0.39, 0.29) is 11.8 Å². The highest BCUT2D eigenvalue weighted by atomic mass is 16.2. The zero-order valence-corrected chi connectivity index (χ0v) is 18.0. The van der Waals surface area contributed by atoms with E-state index in [1.807, 2.05) is 29.2 Å². The van der Waals surface area contributed by atoms with Crippen molar-refractivity contribution in [1.82, 2.24) is 14.7 Å². The van der Waals surface area contributed by atoms with E-state index in [0.717, 1.165) is 43.7 Å². The summed E-state index contributed by atoms with van der Waals surface area (Å²) in [6.07, 6.45) is 5.72. The van der Waals surface area contributed by atoms with Crippen LogP contribution >= 0.6 is 0 Å². The quantitative estimate of drug-likeness (QED) is 0.764. The summed E-state index contributed by atoms with van der Waals surface area (Å²) >= 11 is 0. The molecule has 1 aromatic carbocycles. The number of amides is 2. The number of hydrogen-bond acceptors (Lipinski definition) is 4. The molecule has 1 aromatic rings. The summed E-state index contributed by atoms with van der Waals surface area (Å²) in [5.74, 6) is 0.260. The normalized spacial score (nSPS) is 21.2. The van der Waals surface area contributed by atoms with Gasteiger partial charge >= 0.3 is 0 Å². The summed E-state index contributed by atoms with van der Waals surface area (Å²) in [7, 11) is 0. The molecule has 3 rings (SSSR count). The number of hydrogen-bond donors (Lipinski definition) is 1.